The summed E-state index contributed by atoms with van der Waals surface area (Å²) in [6.45, 7) is 0. The van der Waals surface area contributed by atoms with Crippen molar-refractivity contribution in [2.24, 2.45) is 11.7 Å². The molecule has 0 saturated heterocycles. The van der Waals surface area contributed by atoms with Gasteiger partial charge in [-0.15, -0.1) is 0 Å². The molecule has 0 amide bonds. The van der Waals surface area contributed by atoms with E-state index in [1.807, 2.05) is 18.2 Å². The van der Waals surface area contributed by atoms with Crippen LogP contribution in [0.15, 0.2) is 22.7 Å². The summed E-state index contributed by atoms with van der Waals surface area (Å²) in [5, 5.41) is 0. The molecule has 2 rings (SSSR count). The van der Waals surface area contributed by atoms with E-state index in [2.05, 4.69) is 15.9 Å². The fourth-order valence-corrected chi connectivity index (χ4v) is 2.24. The molecule has 1 aliphatic carbocycles. The van der Waals surface area contributed by atoms with Gasteiger partial charge in [0.15, 0.2) is 0 Å². The lowest BCUT2D eigenvalue weighted by molar-refractivity contribution is 0.414. The minimum atomic E-state index is 0.176. The first kappa shape index (κ1) is 9.99. The first-order valence-corrected chi connectivity index (χ1v) is 5.60. The van der Waals surface area contributed by atoms with Gasteiger partial charge in [-0.25, -0.2) is 0 Å². The Labute approximate surface area is 92.6 Å². The molecular formula is C11H14BrNO. The Morgan fingerprint density at radius 2 is 2.21 bits per heavy atom. The van der Waals surface area contributed by atoms with E-state index in [-0.39, 0.29) is 6.04 Å². The fraction of sp³-hybridized carbons (Fsp3) is 0.455. The molecule has 1 unspecified atom stereocenters. The van der Waals surface area contributed by atoms with Crippen molar-refractivity contribution in [2.75, 3.05) is 7.11 Å². The predicted octanol–water partition coefficient (Wildman–Crippen LogP) is 2.87. The highest BCUT2D eigenvalue weighted by Gasteiger charge is 2.30. The average molecular weight is 256 g/mol. The summed E-state index contributed by atoms with van der Waals surface area (Å²) in [5.41, 5.74) is 7.31. The molecule has 0 radical (unpaired) electrons. The van der Waals surface area contributed by atoms with E-state index >= 15 is 0 Å². The number of nitrogens with two attached hydrogens (primary N) is 1. The third-order valence-corrected chi connectivity index (χ3v) is 3.38. The van der Waals surface area contributed by atoms with Crippen molar-refractivity contribution in [3.8, 4) is 5.75 Å². The second-order valence-electron chi connectivity index (χ2n) is 3.75. The lowest BCUT2D eigenvalue weighted by atomic mass is 10.0. The highest BCUT2D eigenvalue weighted by Crippen LogP contribution is 2.41. The van der Waals surface area contributed by atoms with Gasteiger partial charge in [-0.1, -0.05) is 22.0 Å². The fourth-order valence-electron chi connectivity index (χ4n) is 1.61. The van der Waals surface area contributed by atoms with Gasteiger partial charge in [-0.05, 0) is 36.5 Å². The Hall–Kier alpha value is -0.540. The van der Waals surface area contributed by atoms with Gasteiger partial charge >= 0.3 is 0 Å². The molecule has 1 aliphatic rings. The van der Waals surface area contributed by atoms with Crippen molar-refractivity contribution in [3.63, 3.8) is 0 Å². The molecule has 0 aromatic heterocycles. The van der Waals surface area contributed by atoms with E-state index in [0.717, 1.165) is 10.2 Å². The van der Waals surface area contributed by atoms with Crippen molar-refractivity contribution in [1.82, 2.24) is 0 Å². The van der Waals surface area contributed by atoms with Gasteiger partial charge in [0.1, 0.15) is 5.75 Å². The normalized spacial score (nSPS) is 17.9. The Balaban J connectivity index is 2.24. The van der Waals surface area contributed by atoms with E-state index < -0.39 is 0 Å². The van der Waals surface area contributed by atoms with E-state index in [1.165, 1.54) is 18.4 Å². The SMILES string of the molecule is COc1ccc(C(N)C2CC2)c(Br)c1. The van der Waals surface area contributed by atoms with Gasteiger partial charge in [-0.2, -0.15) is 0 Å². The molecule has 1 aromatic carbocycles. The first-order chi connectivity index (χ1) is 6.72. The van der Waals surface area contributed by atoms with Gasteiger partial charge in [0.25, 0.3) is 0 Å². The highest BCUT2D eigenvalue weighted by molar-refractivity contribution is 9.10. The van der Waals surface area contributed by atoms with Crippen LogP contribution in [0.1, 0.15) is 24.4 Å². The van der Waals surface area contributed by atoms with Crippen LogP contribution < -0.4 is 10.5 Å². The first-order valence-electron chi connectivity index (χ1n) is 4.81. The van der Waals surface area contributed by atoms with Crippen LogP contribution in [0.3, 0.4) is 0 Å². The number of hydrogen-bond donors (Lipinski definition) is 1. The van der Waals surface area contributed by atoms with Crippen LogP contribution in [-0.2, 0) is 0 Å². The van der Waals surface area contributed by atoms with E-state index in [1.54, 1.807) is 7.11 Å². The Morgan fingerprint density at radius 3 is 2.71 bits per heavy atom. The summed E-state index contributed by atoms with van der Waals surface area (Å²) in [6.07, 6.45) is 2.53. The molecule has 2 nitrogen and oxygen atoms in total. The number of benzene rings is 1. The largest absolute Gasteiger partial charge is 0.497 e. The summed E-state index contributed by atoms with van der Waals surface area (Å²) < 4.78 is 6.19. The van der Waals surface area contributed by atoms with Crippen molar-refractivity contribution in [3.05, 3.63) is 28.2 Å². The summed E-state index contributed by atoms with van der Waals surface area (Å²) in [4.78, 5) is 0. The highest BCUT2D eigenvalue weighted by atomic mass is 79.9. The molecule has 0 heterocycles. The summed E-state index contributed by atoms with van der Waals surface area (Å²) in [6, 6.07) is 6.15. The van der Waals surface area contributed by atoms with Crippen LogP contribution in [0.25, 0.3) is 0 Å². The third-order valence-electron chi connectivity index (χ3n) is 2.70. The van der Waals surface area contributed by atoms with Gasteiger partial charge < -0.3 is 10.5 Å². The van der Waals surface area contributed by atoms with Crippen LogP contribution in [0.2, 0.25) is 0 Å². The number of halogens is 1. The van der Waals surface area contributed by atoms with Crippen LogP contribution in [0.5, 0.6) is 5.75 Å². The van der Waals surface area contributed by atoms with Gasteiger partial charge in [-0.3, -0.25) is 0 Å². The van der Waals surface area contributed by atoms with Crippen LogP contribution in [0, 0.1) is 5.92 Å². The Morgan fingerprint density at radius 1 is 1.50 bits per heavy atom. The van der Waals surface area contributed by atoms with Crippen molar-refractivity contribution >= 4 is 15.9 Å². The zero-order valence-corrected chi connectivity index (χ0v) is 9.75. The summed E-state index contributed by atoms with van der Waals surface area (Å²) in [7, 11) is 1.67. The van der Waals surface area contributed by atoms with Crippen LogP contribution in [0.4, 0.5) is 0 Å². The number of methoxy groups -OCH3 is 1. The zero-order valence-electron chi connectivity index (χ0n) is 8.16. The molecule has 2 N–H and O–H groups in total. The van der Waals surface area contributed by atoms with Crippen molar-refractivity contribution in [2.45, 2.75) is 18.9 Å². The van der Waals surface area contributed by atoms with Gasteiger partial charge in [0, 0.05) is 10.5 Å². The second-order valence-corrected chi connectivity index (χ2v) is 4.60. The minimum absolute atomic E-state index is 0.176. The summed E-state index contributed by atoms with van der Waals surface area (Å²) >= 11 is 3.52. The zero-order chi connectivity index (χ0) is 10.1. The standard InChI is InChI=1S/C11H14BrNO/c1-14-8-4-5-9(10(12)6-8)11(13)7-2-3-7/h4-7,11H,2-3,13H2,1H3. The molecule has 1 saturated carbocycles. The topological polar surface area (TPSA) is 35.2 Å². The molecule has 1 atom stereocenters. The number of ether oxygens (including phenoxy) is 1. The molecule has 1 aromatic rings. The lowest BCUT2D eigenvalue weighted by Gasteiger charge is -2.13. The maximum Gasteiger partial charge on any atom is 0.120 e. The molecule has 0 aliphatic heterocycles. The minimum Gasteiger partial charge on any atom is -0.497 e. The van der Waals surface area contributed by atoms with Crippen molar-refractivity contribution < 1.29 is 4.74 Å². The number of hydrogen-bond acceptors (Lipinski definition) is 2. The Bertz CT molecular complexity index is 336. The molecule has 3 heteroatoms. The smallest absolute Gasteiger partial charge is 0.120 e. The van der Waals surface area contributed by atoms with Crippen LogP contribution >= 0.6 is 15.9 Å². The quantitative estimate of drug-likeness (QED) is 0.902. The summed E-state index contributed by atoms with van der Waals surface area (Å²) in [5.74, 6) is 1.54. The second kappa shape index (κ2) is 3.91. The molecule has 76 valence electrons. The average Bonchev–Trinajstić information content (AvgIpc) is 3.00. The van der Waals surface area contributed by atoms with E-state index in [4.69, 9.17) is 10.5 Å². The third kappa shape index (κ3) is 1.93. The number of rotatable bonds is 3. The van der Waals surface area contributed by atoms with Crippen LogP contribution in [-0.4, -0.2) is 7.11 Å². The maximum atomic E-state index is 6.12. The van der Waals surface area contributed by atoms with E-state index in [0.29, 0.717) is 5.92 Å². The maximum absolute atomic E-state index is 6.12. The Kier molecular flexibility index (Phi) is 2.79. The molecular weight excluding hydrogens is 242 g/mol. The molecule has 1 fully saturated rings. The van der Waals surface area contributed by atoms with Gasteiger partial charge in [0.05, 0.1) is 7.11 Å². The lowest BCUT2D eigenvalue weighted by Crippen LogP contribution is -2.12. The monoisotopic (exact) mass is 255 g/mol. The van der Waals surface area contributed by atoms with E-state index in [9.17, 15) is 0 Å². The predicted molar refractivity (Wildman–Crippen MR) is 60.3 cm³/mol. The van der Waals surface area contributed by atoms with Gasteiger partial charge in [0.2, 0.25) is 0 Å². The molecule has 0 bridgehead atoms. The molecule has 0 spiro atoms. The van der Waals surface area contributed by atoms with Crippen molar-refractivity contribution in [1.29, 1.82) is 0 Å². The molecule has 14 heavy (non-hydrogen) atoms.